The van der Waals surface area contributed by atoms with Gasteiger partial charge in [0.15, 0.2) is 7.38 Å². The maximum atomic E-state index is 6.33. The Morgan fingerprint density at radius 1 is 1.31 bits per heavy atom. The maximum absolute atomic E-state index is 6.33. The van der Waals surface area contributed by atoms with Crippen LogP contribution in [0.1, 0.15) is 19.3 Å². The van der Waals surface area contributed by atoms with Gasteiger partial charge in [0.2, 0.25) is 0 Å². The predicted octanol–water partition coefficient (Wildman–Crippen LogP) is 4.03. The van der Waals surface area contributed by atoms with Gasteiger partial charge in [0.25, 0.3) is 0 Å². The van der Waals surface area contributed by atoms with Gasteiger partial charge < -0.3 is 0 Å². The van der Waals surface area contributed by atoms with E-state index in [2.05, 4.69) is 25.2 Å². The van der Waals surface area contributed by atoms with Crippen molar-refractivity contribution in [2.45, 2.75) is 38.4 Å². The molecule has 0 spiro atoms. The Balaban J connectivity index is 1.81. The molecule has 0 radical (unpaired) electrons. The SMILES string of the molecule is C[Si](C)(Cl)CCC1C[C@@H]2C=C[C@H]1C2. The van der Waals surface area contributed by atoms with Crippen molar-refractivity contribution in [1.82, 2.24) is 0 Å². The number of fused-ring (bicyclic) bond motifs is 2. The van der Waals surface area contributed by atoms with E-state index < -0.39 is 7.38 Å². The summed E-state index contributed by atoms with van der Waals surface area (Å²) in [6.45, 7) is 4.52. The Kier molecular flexibility index (Phi) is 2.58. The first-order chi connectivity index (χ1) is 6.04. The van der Waals surface area contributed by atoms with Crippen LogP contribution in [-0.4, -0.2) is 7.38 Å². The fraction of sp³-hybridized carbons (Fsp3) is 0.818. The number of halogens is 1. The molecule has 2 bridgehead atoms. The Morgan fingerprint density at radius 3 is 2.54 bits per heavy atom. The number of allylic oxidation sites excluding steroid dienone is 2. The number of hydrogen-bond donors (Lipinski definition) is 0. The molecule has 0 aromatic carbocycles. The third-order valence-corrected chi connectivity index (χ3v) is 5.57. The van der Waals surface area contributed by atoms with Crippen LogP contribution in [0.2, 0.25) is 19.1 Å². The average molecular weight is 215 g/mol. The van der Waals surface area contributed by atoms with Crippen LogP contribution < -0.4 is 0 Å². The second kappa shape index (κ2) is 3.43. The van der Waals surface area contributed by atoms with Crippen molar-refractivity contribution in [3.63, 3.8) is 0 Å². The third-order valence-electron chi connectivity index (χ3n) is 3.53. The molecule has 3 atom stereocenters. The molecule has 0 saturated heterocycles. The normalized spacial score (nSPS) is 37.3. The number of hydrogen-bond acceptors (Lipinski definition) is 0. The first-order valence-corrected chi connectivity index (χ1v) is 9.64. The van der Waals surface area contributed by atoms with Crippen LogP contribution in [0.5, 0.6) is 0 Å². The smallest absolute Gasteiger partial charge is 0.150 e. The van der Waals surface area contributed by atoms with E-state index in [1.54, 1.807) is 0 Å². The lowest BCUT2D eigenvalue weighted by molar-refractivity contribution is 0.433. The minimum absolute atomic E-state index is 0.915. The van der Waals surface area contributed by atoms with Gasteiger partial charge in [-0.15, -0.1) is 0 Å². The van der Waals surface area contributed by atoms with Gasteiger partial charge in [0.05, 0.1) is 0 Å². The molecule has 13 heavy (non-hydrogen) atoms. The van der Waals surface area contributed by atoms with Crippen molar-refractivity contribution < 1.29 is 0 Å². The lowest BCUT2D eigenvalue weighted by Gasteiger charge is -2.21. The summed E-state index contributed by atoms with van der Waals surface area (Å²) in [5.41, 5.74) is 0. The predicted molar refractivity (Wildman–Crippen MR) is 61.6 cm³/mol. The standard InChI is InChI=1S/C11H19ClSi/c1-13(2,12)6-5-11-8-9-3-4-10(11)7-9/h3-4,9-11H,5-8H2,1-2H3/t9-,10+,11?/m1/s1. The van der Waals surface area contributed by atoms with Crippen LogP contribution in [0.4, 0.5) is 0 Å². The van der Waals surface area contributed by atoms with Crippen molar-refractivity contribution in [2.75, 3.05) is 0 Å². The van der Waals surface area contributed by atoms with Crippen LogP contribution in [0, 0.1) is 17.8 Å². The molecule has 0 aliphatic heterocycles. The summed E-state index contributed by atoms with van der Waals surface area (Å²) in [6.07, 6.45) is 9.14. The largest absolute Gasteiger partial charge is 0.168 e. The summed E-state index contributed by atoms with van der Waals surface area (Å²) in [6, 6.07) is 1.30. The molecule has 74 valence electrons. The lowest BCUT2D eigenvalue weighted by atomic mass is 9.91. The van der Waals surface area contributed by atoms with E-state index in [0.29, 0.717) is 0 Å². The van der Waals surface area contributed by atoms with E-state index in [1.807, 2.05) is 0 Å². The average Bonchev–Trinajstić information content (AvgIpc) is 2.58. The van der Waals surface area contributed by atoms with E-state index in [-0.39, 0.29) is 0 Å². The highest BCUT2D eigenvalue weighted by molar-refractivity contribution is 7.19. The van der Waals surface area contributed by atoms with E-state index in [1.165, 1.54) is 25.3 Å². The Bertz CT molecular complexity index is 217. The van der Waals surface area contributed by atoms with E-state index in [9.17, 15) is 0 Å². The van der Waals surface area contributed by atoms with Crippen molar-refractivity contribution >= 4 is 18.5 Å². The van der Waals surface area contributed by atoms with E-state index in [0.717, 1.165) is 17.8 Å². The first-order valence-electron chi connectivity index (χ1n) is 5.42. The molecule has 2 heteroatoms. The lowest BCUT2D eigenvalue weighted by Crippen LogP contribution is -2.18. The molecular formula is C11H19ClSi. The summed E-state index contributed by atoms with van der Waals surface area (Å²) in [7, 11) is -1.30. The molecule has 1 saturated carbocycles. The first kappa shape index (κ1) is 9.79. The van der Waals surface area contributed by atoms with Gasteiger partial charge >= 0.3 is 0 Å². The molecule has 2 aliphatic rings. The van der Waals surface area contributed by atoms with Crippen molar-refractivity contribution in [2.24, 2.45) is 17.8 Å². The van der Waals surface area contributed by atoms with E-state index in [4.69, 9.17) is 11.1 Å². The summed E-state index contributed by atoms with van der Waals surface area (Å²) in [5.74, 6) is 2.81. The fourth-order valence-corrected chi connectivity index (χ4v) is 4.14. The van der Waals surface area contributed by atoms with Gasteiger partial charge in [0.1, 0.15) is 0 Å². The molecular weight excluding hydrogens is 196 g/mol. The van der Waals surface area contributed by atoms with Crippen LogP contribution >= 0.6 is 11.1 Å². The highest BCUT2D eigenvalue weighted by Gasteiger charge is 2.36. The molecule has 0 nitrogen and oxygen atoms in total. The summed E-state index contributed by atoms with van der Waals surface area (Å²) in [5, 5.41) is 0. The van der Waals surface area contributed by atoms with Gasteiger partial charge in [-0.05, 0) is 36.6 Å². The zero-order chi connectivity index (χ0) is 9.47. The van der Waals surface area contributed by atoms with Crippen molar-refractivity contribution in [1.29, 1.82) is 0 Å². The molecule has 0 aromatic heterocycles. The minimum Gasteiger partial charge on any atom is -0.168 e. The maximum Gasteiger partial charge on any atom is 0.150 e. The Morgan fingerprint density at radius 2 is 2.08 bits per heavy atom. The topological polar surface area (TPSA) is 0 Å². The van der Waals surface area contributed by atoms with Gasteiger partial charge in [0, 0.05) is 0 Å². The minimum atomic E-state index is -1.30. The monoisotopic (exact) mass is 214 g/mol. The highest BCUT2D eigenvalue weighted by Crippen LogP contribution is 2.46. The van der Waals surface area contributed by atoms with Crippen molar-refractivity contribution in [3.8, 4) is 0 Å². The van der Waals surface area contributed by atoms with Crippen molar-refractivity contribution in [3.05, 3.63) is 12.2 Å². The molecule has 0 heterocycles. The Labute approximate surface area is 87.1 Å². The van der Waals surface area contributed by atoms with Gasteiger partial charge in [-0.1, -0.05) is 31.7 Å². The summed E-state index contributed by atoms with van der Waals surface area (Å²) in [4.78, 5) is 0. The second-order valence-electron chi connectivity index (χ2n) is 5.30. The van der Waals surface area contributed by atoms with Gasteiger partial charge in [-0.2, -0.15) is 11.1 Å². The number of rotatable bonds is 3. The Hall–Kier alpha value is 0.247. The highest BCUT2D eigenvalue weighted by atomic mass is 35.6. The molecule has 1 fully saturated rings. The van der Waals surface area contributed by atoms with Crippen LogP contribution in [0.15, 0.2) is 12.2 Å². The zero-order valence-electron chi connectivity index (χ0n) is 8.59. The fourth-order valence-electron chi connectivity index (χ4n) is 2.76. The quantitative estimate of drug-likeness (QED) is 0.378. The molecule has 0 N–H and O–H groups in total. The van der Waals surface area contributed by atoms with Crippen LogP contribution in [0.25, 0.3) is 0 Å². The van der Waals surface area contributed by atoms with Gasteiger partial charge in [-0.3, -0.25) is 0 Å². The van der Waals surface area contributed by atoms with Crippen LogP contribution in [-0.2, 0) is 0 Å². The molecule has 2 rings (SSSR count). The molecule has 2 aliphatic carbocycles. The third kappa shape index (κ3) is 2.38. The second-order valence-corrected chi connectivity index (χ2v) is 12.3. The van der Waals surface area contributed by atoms with E-state index >= 15 is 0 Å². The molecule has 0 amide bonds. The summed E-state index contributed by atoms with van der Waals surface area (Å²) < 4.78 is 0. The molecule has 0 aromatic rings. The summed E-state index contributed by atoms with van der Waals surface area (Å²) >= 11 is 6.33. The molecule has 1 unspecified atom stereocenters. The van der Waals surface area contributed by atoms with Crippen LogP contribution in [0.3, 0.4) is 0 Å². The zero-order valence-corrected chi connectivity index (χ0v) is 10.3. The van der Waals surface area contributed by atoms with Gasteiger partial charge in [-0.25, -0.2) is 0 Å².